The van der Waals surface area contributed by atoms with E-state index in [1.165, 1.54) is 11.1 Å². The fraction of sp³-hybridized carbons (Fsp3) is 0.562. The van der Waals surface area contributed by atoms with Gasteiger partial charge < -0.3 is 19.8 Å². The van der Waals surface area contributed by atoms with E-state index in [0.29, 0.717) is 6.61 Å². The second-order valence-electron chi connectivity index (χ2n) is 4.96. The fourth-order valence-corrected chi connectivity index (χ4v) is 2.67. The Morgan fingerprint density at radius 3 is 2.36 bits per heavy atom. The maximum Gasteiger partial charge on any atom is 0.389 e. The highest BCUT2D eigenvalue weighted by Gasteiger charge is 2.24. The van der Waals surface area contributed by atoms with Gasteiger partial charge in [0.25, 0.3) is 0 Å². The number of aryl methyl sites for hydroxylation is 2. The van der Waals surface area contributed by atoms with Crippen LogP contribution in [0.3, 0.4) is 0 Å². The van der Waals surface area contributed by atoms with Gasteiger partial charge in [0, 0.05) is 18.8 Å². The molecular weight excluding hydrogens is 348 g/mol. The van der Waals surface area contributed by atoms with Gasteiger partial charge in [-0.3, -0.25) is 0 Å². The van der Waals surface area contributed by atoms with E-state index in [1.807, 2.05) is 19.1 Å². The molecule has 0 fully saturated rings. The number of para-hydroxylation sites is 1. The number of hydrogen-bond acceptors (Lipinski definition) is 7. The lowest BCUT2D eigenvalue weighted by Crippen LogP contribution is -2.36. The summed E-state index contributed by atoms with van der Waals surface area (Å²) in [5.41, 5.74) is 9.17. The molecule has 0 saturated carbocycles. The normalized spacial score (nSPS) is 11.0. The van der Waals surface area contributed by atoms with Gasteiger partial charge in [-0.2, -0.15) is 8.42 Å². The van der Waals surface area contributed by atoms with Gasteiger partial charge in [-0.1, -0.05) is 32.0 Å². The topological polar surface area (TPSA) is 119 Å². The molecule has 0 atom stereocenters. The van der Waals surface area contributed by atoms with E-state index < -0.39 is 22.9 Å². The van der Waals surface area contributed by atoms with Crippen molar-refractivity contribution in [3.8, 4) is 0 Å². The van der Waals surface area contributed by atoms with E-state index in [-0.39, 0.29) is 13.3 Å². The molecule has 1 aromatic rings. The minimum absolute atomic E-state index is 0.112. The molecule has 0 radical (unpaired) electrons. The molecule has 0 bridgehead atoms. The highest BCUT2D eigenvalue weighted by atomic mass is 32.2. The number of carbonyl (C=O) groups excluding carboxylic acids is 1. The monoisotopic (exact) mass is 376 g/mol. The van der Waals surface area contributed by atoms with Crippen molar-refractivity contribution < 1.29 is 27.2 Å². The fourth-order valence-electron chi connectivity index (χ4n) is 1.75. The van der Waals surface area contributed by atoms with Crippen LogP contribution in [0.2, 0.25) is 0 Å². The van der Waals surface area contributed by atoms with E-state index in [0.717, 1.165) is 16.4 Å². The first-order valence-electron chi connectivity index (χ1n) is 7.98. The smallest absolute Gasteiger partial charge is 0.389 e. The van der Waals surface area contributed by atoms with E-state index in [4.69, 9.17) is 15.6 Å². The summed E-state index contributed by atoms with van der Waals surface area (Å²) in [6.07, 6.45) is 1.02. The lowest BCUT2D eigenvalue weighted by molar-refractivity contribution is -0.137. The molecule has 1 aromatic carbocycles. The van der Waals surface area contributed by atoms with Crippen LogP contribution in [-0.2, 0) is 30.4 Å². The minimum Gasteiger partial charge on any atom is -0.398 e. The Kier molecular flexibility index (Phi) is 11.0. The molecule has 0 unspecified atom stereocenters. The molecule has 25 heavy (non-hydrogen) atoms. The number of hydrogen-bond donors (Lipinski definition) is 2. The van der Waals surface area contributed by atoms with Crippen LogP contribution in [0.25, 0.3) is 0 Å². The first kappa shape index (κ1) is 23.3. The Morgan fingerprint density at radius 2 is 1.92 bits per heavy atom. The molecule has 0 heterocycles. The number of nitrogens with two attached hydrogens (primary N) is 1. The lowest BCUT2D eigenvalue weighted by Gasteiger charge is -2.18. The van der Waals surface area contributed by atoms with Gasteiger partial charge >= 0.3 is 16.3 Å². The first-order valence-corrected chi connectivity index (χ1v) is 9.34. The van der Waals surface area contributed by atoms with Crippen molar-refractivity contribution in [3.05, 3.63) is 29.3 Å². The molecule has 9 heteroatoms. The summed E-state index contributed by atoms with van der Waals surface area (Å²) in [6.45, 7) is 6.73. The molecule has 0 spiro atoms. The van der Waals surface area contributed by atoms with Gasteiger partial charge in [-0.25, -0.2) is 4.79 Å². The maximum absolute atomic E-state index is 11.3. The van der Waals surface area contributed by atoms with Gasteiger partial charge in [0.15, 0.2) is 0 Å². The highest BCUT2D eigenvalue weighted by molar-refractivity contribution is 7.84. The number of aliphatic hydroxyl groups excluding tert-OH is 1. The van der Waals surface area contributed by atoms with Gasteiger partial charge in [-0.15, -0.1) is 4.31 Å². The number of anilines is 1. The molecule has 0 aliphatic heterocycles. The summed E-state index contributed by atoms with van der Waals surface area (Å²) in [5.74, 6) is -1.22. The van der Waals surface area contributed by atoms with Crippen molar-refractivity contribution in [1.29, 1.82) is 0 Å². The minimum atomic E-state index is -4.16. The summed E-state index contributed by atoms with van der Waals surface area (Å²) in [5, 5.41) is 8.34. The van der Waals surface area contributed by atoms with Crippen LogP contribution in [-0.4, -0.2) is 50.3 Å². The van der Waals surface area contributed by atoms with Crippen molar-refractivity contribution >= 4 is 22.0 Å². The van der Waals surface area contributed by atoms with Crippen LogP contribution in [0.5, 0.6) is 0 Å². The summed E-state index contributed by atoms with van der Waals surface area (Å²) < 4.78 is 32.4. The predicted octanol–water partition coefficient (Wildman–Crippen LogP) is 1.22. The second-order valence-corrected chi connectivity index (χ2v) is 6.50. The van der Waals surface area contributed by atoms with Crippen LogP contribution >= 0.6 is 0 Å². The van der Waals surface area contributed by atoms with E-state index in [1.54, 1.807) is 13.8 Å². The molecule has 0 aliphatic rings. The molecule has 0 saturated heterocycles. The predicted molar refractivity (Wildman–Crippen MR) is 95.9 cm³/mol. The Morgan fingerprint density at radius 1 is 1.28 bits per heavy atom. The Hall–Kier alpha value is -1.68. The van der Waals surface area contributed by atoms with Crippen molar-refractivity contribution in [2.75, 3.05) is 32.2 Å². The largest absolute Gasteiger partial charge is 0.398 e. The summed E-state index contributed by atoms with van der Waals surface area (Å²) >= 11 is 0. The zero-order valence-corrected chi connectivity index (χ0v) is 16.0. The van der Waals surface area contributed by atoms with Crippen LogP contribution in [0.4, 0.5) is 5.69 Å². The zero-order chi connectivity index (χ0) is 19.5. The Bertz CT molecular complexity index is 634. The SMILES string of the molecule is CCOCN(CC)S(=O)(=O)OC(=O)CO.CCc1cccc(C)c1N. The number of rotatable bonds is 8. The quantitative estimate of drug-likeness (QED) is 0.517. The molecule has 1 rings (SSSR count). The Balaban J connectivity index is 0.000000496. The van der Waals surface area contributed by atoms with Gasteiger partial charge in [0.1, 0.15) is 13.3 Å². The van der Waals surface area contributed by atoms with E-state index in [9.17, 15) is 13.2 Å². The molecule has 0 aromatic heterocycles. The molecule has 0 amide bonds. The van der Waals surface area contributed by atoms with E-state index in [2.05, 4.69) is 17.2 Å². The lowest BCUT2D eigenvalue weighted by atomic mass is 10.1. The molecule has 0 aliphatic carbocycles. The van der Waals surface area contributed by atoms with Crippen molar-refractivity contribution in [1.82, 2.24) is 4.31 Å². The van der Waals surface area contributed by atoms with Gasteiger partial charge in [0.2, 0.25) is 0 Å². The van der Waals surface area contributed by atoms with Gasteiger partial charge in [-0.05, 0) is 31.4 Å². The second kappa shape index (κ2) is 11.8. The van der Waals surface area contributed by atoms with Crippen LogP contribution in [0.1, 0.15) is 31.9 Å². The molecule has 144 valence electrons. The maximum atomic E-state index is 11.3. The number of nitrogen functional groups attached to an aromatic ring is 1. The number of ether oxygens (including phenoxy) is 1. The standard InChI is InChI=1S/C9H13N.C7H15NO6S/c1-3-8-6-4-5-7(2)9(8)10;1-3-8(6-13-4-2)15(11,12)14-7(10)5-9/h4-6H,3,10H2,1-2H3;9H,3-6H2,1-2H3. The average molecular weight is 376 g/mol. The van der Waals surface area contributed by atoms with Crippen LogP contribution in [0.15, 0.2) is 18.2 Å². The zero-order valence-electron chi connectivity index (χ0n) is 15.2. The van der Waals surface area contributed by atoms with Crippen molar-refractivity contribution in [2.24, 2.45) is 0 Å². The first-order chi connectivity index (χ1) is 11.7. The number of benzene rings is 1. The van der Waals surface area contributed by atoms with E-state index >= 15 is 0 Å². The Labute approximate surface area is 149 Å². The number of nitrogens with zero attached hydrogens (tertiary/aromatic N) is 1. The average Bonchev–Trinajstić information content (AvgIpc) is 2.58. The van der Waals surface area contributed by atoms with Crippen LogP contribution in [0, 0.1) is 6.92 Å². The third kappa shape index (κ3) is 8.30. The number of carbonyl (C=O) groups is 1. The van der Waals surface area contributed by atoms with Crippen molar-refractivity contribution in [3.63, 3.8) is 0 Å². The summed E-state index contributed by atoms with van der Waals surface area (Å²) in [7, 11) is -4.16. The molecule has 3 N–H and O–H groups in total. The van der Waals surface area contributed by atoms with Crippen LogP contribution < -0.4 is 5.73 Å². The number of aliphatic hydroxyl groups is 1. The third-order valence-electron chi connectivity index (χ3n) is 3.23. The van der Waals surface area contributed by atoms with Gasteiger partial charge in [0.05, 0.1) is 0 Å². The van der Waals surface area contributed by atoms with Crippen molar-refractivity contribution in [2.45, 2.75) is 34.1 Å². The highest BCUT2D eigenvalue weighted by Crippen LogP contribution is 2.16. The summed E-state index contributed by atoms with van der Waals surface area (Å²) in [4.78, 5) is 10.6. The molecular formula is C16H28N2O6S. The third-order valence-corrected chi connectivity index (χ3v) is 4.62. The summed E-state index contributed by atoms with van der Waals surface area (Å²) in [6, 6.07) is 6.15. The molecule has 8 nitrogen and oxygen atoms in total.